The van der Waals surface area contributed by atoms with Crippen molar-refractivity contribution in [3.8, 4) is 11.6 Å². The molecule has 1 saturated heterocycles. The van der Waals surface area contributed by atoms with Gasteiger partial charge >= 0.3 is 6.18 Å². The number of alkyl halides is 3. The van der Waals surface area contributed by atoms with Gasteiger partial charge in [-0.25, -0.2) is 4.68 Å². The van der Waals surface area contributed by atoms with Crippen molar-refractivity contribution in [1.82, 2.24) is 19.2 Å². The molecule has 3 heterocycles. The van der Waals surface area contributed by atoms with Gasteiger partial charge in [0.25, 0.3) is 0 Å². The molecule has 0 amide bonds. The molecule has 0 unspecified atom stereocenters. The highest BCUT2D eigenvalue weighted by Gasteiger charge is 2.31. The van der Waals surface area contributed by atoms with Crippen LogP contribution in [-0.4, -0.2) is 45.4 Å². The number of anilines is 1. The minimum atomic E-state index is -4.34. The Kier molecular flexibility index (Phi) is 5.70. The Hall–Kier alpha value is -2.59. The van der Waals surface area contributed by atoms with Gasteiger partial charge in [0.2, 0.25) is 0 Å². The molecule has 3 aromatic rings. The van der Waals surface area contributed by atoms with E-state index in [1.54, 1.807) is 17.0 Å². The van der Waals surface area contributed by atoms with Gasteiger partial charge in [-0.2, -0.15) is 13.2 Å². The van der Waals surface area contributed by atoms with Crippen molar-refractivity contribution in [1.29, 1.82) is 0 Å². The average Bonchev–Trinajstić information content (AvgIpc) is 3.36. The molecule has 1 aliphatic rings. The lowest BCUT2D eigenvalue weighted by Gasteiger charge is -2.36. The van der Waals surface area contributed by atoms with Crippen LogP contribution in [0.3, 0.4) is 0 Å². The third-order valence-electron chi connectivity index (χ3n) is 5.23. The van der Waals surface area contributed by atoms with Crippen molar-refractivity contribution >= 4 is 17.9 Å². The van der Waals surface area contributed by atoms with Crippen LogP contribution in [0, 0.1) is 4.77 Å². The lowest BCUT2D eigenvalue weighted by molar-refractivity contribution is -0.137. The Balaban J connectivity index is 1.44. The molecule has 0 atom stereocenters. The highest BCUT2D eigenvalue weighted by molar-refractivity contribution is 7.71. The summed E-state index contributed by atoms with van der Waals surface area (Å²) in [5.41, 5.74) is -0.0271. The molecule has 30 heavy (non-hydrogen) atoms. The highest BCUT2D eigenvalue weighted by atomic mass is 32.1. The van der Waals surface area contributed by atoms with Crippen molar-refractivity contribution in [2.75, 3.05) is 31.1 Å². The molecule has 4 rings (SSSR count). The molecular weight excluding hydrogens is 415 g/mol. The van der Waals surface area contributed by atoms with E-state index in [1.165, 1.54) is 12.1 Å². The maximum Gasteiger partial charge on any atom is 0.416 e. The monoisotopic (exact) mass is 437 g/mol. The number of piperazine rings is 1. The summed E-state index contributed by atoms with van der Waals surface area (Å²) in [4.78, 5) is 4.17. The van der Waals surface area contributed by atoms with E-state index in [-0.39, 0.29) is 0 Å². The van der Waals surface area contributed by atoms with Crippen LogP contribution in [0.1, 0.15) is 12.5 Å². The summed E-state index contributed by atoms with van der Waals surface area (Å²) in [6.45, 7) is 5.87. The van der Waals surface area contributed by atoms with Crippen LogP contribution < -0.4 is 4.90 Å². The van der Waals surface area contributed by atoms with E-state index in [0.29, 0.717) is 61.4 Å². The van der Waals surface area contributed by atoms with Crippen LogP contribution >= 0.6 is 12.2 Å². The zero-order valence-corrected chi connectivity index (χ0v) is 17.3. The van der Waals surface area contributed by atoms with E-state index >= 15 is 0 Å². The smallest absolute Gasteiger partial charge is 0.416 e. The number of aromatic nitrogens is 3. The molecule has 160 valence electrons. The second-order valence-electron chi connectivity index (χ2n) is 7.12. The molecule has 10 heteroatoms. The van der Waals surface area contributed by atoms with Gasteiger partial charge < -0.3 is 9.32 Å². The Labute approximate surface area is 177 Å². The van der Waals surface area contributed by atoms with E-state index in [1.807, 2.05) is 28.5 Å². The molecular formula is C20H22F3N5OS. The topological polar surface area (TPSA) is 42.4 Å². The first kappa shape index (κ1) is 20.7. The van der Waals surface area contributed by atoms with Crippen molar-refractivity contribution in [3.63, 3.8) is 0 Å². The van der Waals surface area contributed by atoms with Gasteiger partial charge in [0, 0.05) is 38.4 Å². The summed E-state index contributed by atoms with van der Waals surface area (Å²) in [5.74, 6) is 1.35. The number of hydrogen-bond donors (Lipinski definition) is 0. The lowest BCUT2D eigenvalue weighted by atomic mass is 10.1. The van der Waals surface area contributed by atoms with Gasteiger partial charge in [0.15, 0.2) is 16.4 Å². The molecule has 0 aliphatic carbocycles. The number of hydrogen-bond acceptors (Lipinski definition) is 5. The van der Waals surface area contributed by atoms with Crippen LogP contribution in [0.25, 0.3) is 11.6 Å². The van der Waals surface area contributed by atoms with Crippen LogP contribution in [0.15, 0.2) is 47.1 Å². The Bertz CT molecular complexity index is 1050. The van der Waals surface area contributed by atoms with Crippen LogP contribution in [0.2, 0.25) is 0 Å². The zero-order chi connectivity index (χ0) is 21.3. The van der Waals surface area contributed by atoms with Gasteiger partial charge in [-0.1, -0.05) is 6.07 Å². The summed E-state index contributed by atoms with van der Waals surface area (Å²) >= 11 is 5.58. The fourth-order valence-electron chi connectivity index (χ4n) is 3.62. The lowest BCUT2D eigenvalue weighted by Crippen LogP contribution is -2.47. The third kappa shape index (κ3) is 4.15. The molecule has 2 aromatic heterocycles. The number of furan rings is 1. The highest BCUT2D eigenvalue weighted by Crippen LogP contribution is 2.32. The van der Waals surface area contributed by atoms with Crippen LogP contribution in [0.5, 0.6) is 0 Å². The first-order valence-electron chi connectivity index (χ1n) is 9.73. The quantitative estimate of drug-likeness (QED) is 0.550. The molecule has 0 bridgehead atoms. The molecule has 0 radical (unpaired) electrons. The van der Waals surface area contributed by atoms with Gasteiger partial charge in [0.1, 0.15) is 0 Å². The van der Waals surface area contributed by atoms with Crippen LogP contribution in [0.4, 0.5) is 18.9 Å². The van der Waals surface area contributed by atoms with E-state index in [2.05, 4.69) is 10.00 Å². The van der Waals surface area contributed by atoms with Crippen LogP contribution in [-0.2, 0) is 19.4 Å². The predicted octanol–water partition coefficient (Wildman–Crippen LogP) is 4.49. The number of nitrogens with zero attached hydrogens (tertiary/aromatic N) is 5. The van der Waals surface area contributed by atoms with Gasteiger partial charge in [0.05, 0.1) is 18.5 Å². The summed E-state index contributed by atoms with van der Waals surface area (Å²) in [5, 5.41) is 4.63. The Morgan fingerprint density at radius 3 is 2.50 bits per heavy atom. The maximum absolute atomic E-state index is 13.0. The minimum absolute atomic E-state index is 0.524. The van der Waals surface area contributed by atoms with E-state index in [0.717, 1.165) is 6.07 Å². The maximum atomic E-state index is 13.0. The first-order valence-corrected chi connectivity index (χ1v) is 10.1. The molecule has 0 saturated carbocycles. The molecule has 6 nitrogen and oxygen atoms in total. The summed E-state index contributed by atoms with van der Waals surface area (Å²) in [7, 11) is 0. The zero-order valence-electron chi connectivity index (χ0n) is 16.5. The largest absolute Gasteiger partial charge is 0.461 e. The molecule has 1 fully saturated rings. The normalized spacial score (nSPS) is 15.7. The standard InChI is InChI=1S/C20H22F3N5OS/c1-2-27-18(17-7-4-12-29-17)24-28(19(27)30)14-25-8-10-26(11-9-25)16-6-3-5-15(13-16)20(21,22)23/h3-7,12-13H,2,8-11,14H2,1H3. The van der Waals surface area contributed by atoms with E-state index in [9.17, 15) is 13.2 Å². The van der Waals surface area contributed by atoms with E-state index in [4.69, 9.17) is 16.6 Å². The average molecular weight is 437 g/mol. The first-order chi connectivity index (χ1) is 14.4. The number of benzene rings is 1. The molecule has 0 spiro atoms. The van der Waals surface area contributed by atoms with Crippen molar-refractivity contribution in [2.24, 2.45) is 0 Å². The van der Waals surface area contributed by atoms with Gasteiger partial charge in [-0.15, -0.1) is 5.10 Å². The molecule has 1 aromatic carbocycles. The fraction of sp³-hybridized carbons (Fsp3) is 0.400. The van der Waals surface area contributed by atoms with E-state index < -0.39 is 11.7 Å². The molecule has 0 N–H and O–H groups in total. The number of halogens is 3. The van der Waals surface area contributed by atoms with Crippen molar-refractivity contribution in [2.45, 2.75) is 26.3 Å². The second kappa shape index (κ2) is 8.27. The Morgan fingerprint density at radius 1 is 1.10 bits per heavy atom. The third-order valence-corrected chi connectivity index (χ3v) is 5.66. The SMILES string of the molecule is CCn1c(-c2ccco2)nn(CN2CCN(c3cccc(C(F)(F)F)c3)CC2)c1=S. The Morgan fingerprint density at radius 2 is 1.87 bits per heavy atom. The summed E-state index contributed by atoms with van der Waals surface area (Å²) < 4.78 is 48.8. The van der Waals surface area contributed by atoms with Gasteiger partial charge in [-0.3, -0.25) is 9.47 Å². The van der Waals surface area contributed by atoms with Crippen molar-refractivity contribution < 1.29 is 17.6 Å². The second-order valence-corrected chi connectivity index (χ2v) is 7.49. The van der Waals surface area contributed by atoms with Gasteiger partial charge in [-0.05, 0) is 49.5 Å². The molecule has 1 aliphatic heterocycles. The van der Waals surface area contributed by atoms with Crippen molar-refractivity contribution in [3.05, 3.63) is 53.0 Å². The summed E-state index contributed by atoms with van der Waals surface area (Å²) in [6.07, 6.45) is -2.73. The predicted molar refractivity (Wildman–Crippen MR) is 110 cm³/mol. The number of rotatable bonds is 5. The summed E-state index contributed by atoms with van der Waals surface area (Å²) in [6, 6.07) is 9.15. The minimum Gasteiger partial charge on any atom is -0.461 e. The fourth-order valence-corrected chi connectivity index (χ4v) is 3.94.